The third kappa shape index (κ3) is 3.58. The SMILES string of the molecule is COc1ccc2c(c1)C(CO[C@@]1(O)C(O)O[C@H](CO)[C@@H](O)[C@@H]1O)=C(C=O)CC2. The second-order valence-corrected chi connectivity index (χ2v) is 6.83. The van der Waals surface area contributed by atoms with Gasteiger partial charge in [0.1, 0.15) is 30.3 Å². The van der Waals surface area contributed by atoms with Crippen molar-refractivity contribution in [3.8, 4) is 5.75 Å². The third-order valence-electron chi connectivity index (χ3n) is 5.25. The standard InChI is InChI=1S/C19H24O9/c1-26-12-5-4-10-2-3-11(7-20)14(13(10)6-12)9-27-19(25)17(23)16(22)15(8-21)28-18(19)24/h4-7,15-18,21-25H,2-3,8-9H2,1H3/t15-,16-,17+,18?,19-/m1/s1. The van der Waals surface area contributed by atoms with Gasteiger partial charge < -0.3 is 39.7 Å². The molecule has 1 saturated heterocycles. The van der Waals surface area contributed by atoms with Crippen LogP contribution in [0.5, 0.6) is 5.75 Å². The number of methoxy groups -OCH3 is 1. The Morgan fingerprint density at radius 2 is 2.04 bits per heavy atom. The second kappa shape index (κ2) is 8.26. The molecule has 1 aromatic rings. The van der Waals surface area contributed by atoms with Crippen LogP contribution in [-0.4, -0.2) is 82.5 Å². The second-order valence-electron chi connectivity index (χ2n) is 6.83. The zero-order valence-electron chi connectivity index (χ0n) is 15.3. The van der Waals surface area contributed by atoms with Crippen molar-refractivity contribution in [3.63, 3.8) is 0 Å². The van der Waals surface area contributed by atoms with Crippen LogP contribution >= 0.6 is 0 Å². The Morgan fingerprint density at radius 1 is 1.29 bits per heavy atom. The molecule has 1 aliphatic carbocycles. The Labute approximate surface area is 161 Å². The fraction of sp³-hybridized carbons (Fsp3) is 0.526. The van der Waals surface area contributed by atoms with E-state index in [1.54, 1.807) is 12.1 Å². The van der Waals surface area contributed by atoms with Gasteiger partial charge in [0.2, 0.25) is 12.1 Å². The maximum Gasteiger partial charge on any atom is 0.247 e. The van der Waals surface area contributed by atoms with E-state index in [0.29, 0.717) is 41.6 Å². The molecule has 3 rings (SSSR count). The highest BCUT2D eigenvalue weighted by Gasteiger charge is 2.55. The molecule has 28 heavy (non-hydrogen) atoms. The van der Waals surface area contributed by atoms with E-state index in [4.69, 9.17) is 19.3 Å². The first-order chi connectivity index (χ1) is 13.3. The summed E-state index contributed by atoms with van der Waals surface area (Å²) >= 11 is 0. The molecule has 9 nitrogen and oxygen atoms in total. The maximum absolute atomic E-state index is 11.5. The summed E-state index contributed by atoms with van der Waals surface area (Å²) < 4.78 is 15.6. The highest BCUT2D eigenvalue weighted by molar-refractivity contribution is 5.91. The monoisotopic (exact) mass is 396 g/mol. The van der Waals surface area contributed by atoms with Gasteiger partial charge in [-0.3, -0.25) is 4.79 Å². The Bertz CT molecular complexity index is 762. The molecule has 2 aliphatic rings. The molecule has 1 heterocycles. The van der Waals surface area contributed by atoms with Crippen LogP contribution in [-0.2, 0) is 20.7 Å². The van der Waals surface area contributed by atoms with E-state index in [2.05, 4.69) is 0 Å². The molecule has 154 valence electrons. The predicted octanol–water partition coefficient (Wildman–Crippen LogP) is -1.27. The normalized spacial score (nSPS) is 32.8. The molecule has 0 bridgehead atoms. The number of aliphatic hydroxyl groups excluding tert-OH is 4. The first-order valence-electron chi connectivity index (χ1n) is 8.87. The smallest absolute Gasteiger partial charge is 0.247 e. The lowest BCUT2D eigenvalue weighted by Gasteiger charge is -2.45. The van der Waals surface area contributed by atoms with Crippen molar-refractivity contribution in [1.29, 1.82) is 0 Å². The highest BCUT2D eigenvalue weighted by Crippen LogP contribution is 2.36. The van der Waals surface area contributed by atoms with Crippen molar-refractivity contribution in [2.24, 2.45) is 0 Å². The largest absolute Gasteiger partial charge is 0.497 e. The molecule has 0 spiro atoms. The minimum absolute atomic E-state index is 0.335. The Hall–Kier alpha value is -1.85. The van der Waals surface area contributed by atoms with Crippen molar-refractivity contribution in [1.82, 2.24) is 0 Å². The van der Waals surface area contributed by atoms with Crippen LogP contribution in [0.2, 0.25) is 0 Å². The first kappa shape index (κ1) is 20.9. The van der Waals surface area contributed by atoms with Crippen molar-refractivity contribution >= 4 is 11.9 Å². The van der Waals surface area contributed by atoms with E-state index in [-0.39, 0.29) is 6.61 Å². The fourth-order valence-electron chi connectivity index (χ4n) is 3.51. The van der Waals surface area contributed by atoms with Gasteiger partial charge in [0.15, 0.2) is 0 Å². The number of aliphatic hydroxyl groups is 5. The van der Waals surface area contributed by atoms with Gasteiger partial charge in [0, 0.05) is 0 Å². The number of carbonyl (C=O) groups is 1. The number of hydrogen-bond acceptors (Lipinski definition) is 9. The lowest BCUT2D eigenvalue weighted by molar-refractivity contribution is -0.405. The van der Waals surface area contributed by atoms with E-state index in [9.17, 15) is 25.2 Å². The van der Waals surface area contributed by atoms with Crippen LogP contribution in [0, 0.1) is 0 Å². The zero-order valence-corrected chi connectivity index (χ0v) is 15.3. The minimum Gasteiger partial charge on any atom is -0.497 e. The van der Waals surface area contributed by atoms with Crippen molar-refractivity contribution in [3.05, 3.63) is 34.9 Å². The summed E-state index contributed by atoms with van der Waals surface area (Å²) in [6, 6.07) is 5.40. The van der Waals surface area contributed by atoms with Gasteiger partial charge in [-0.05, 0) is 47.2 Å². The minimum atomic E-state index is -2.65. The third-order valence-corrected chi connectivity index (χ3v) is 5.25. The number of allylic oxidation sites excluding steroid dienone is 1. The topological polar surface area (TPSA) is 146 Å². The van der Waals surface area contributed by atoms with Gasteiger partial charge >= 0.3 is 0 Å². The summed E-state index contributed by atoms with van der Waals surface area (Å²) in [5.74, 6) is -2.08. The molecule has 0 amide bonds. The molecule has 1 unspecified atom stereocenters. The molecule has 0 radical (unpaired) electrons. The van der Waals surface area contributed by atoms with Crippen molar-refractivity contribution in [2.75, 3.05) is 20.3 Å². The predicted molar refractivity (Wildman–Crippen MR) is 95.2 cm³/mol. The van der Waals surface area contributed by atoms with Crippen LogP contribution in [0.3, 0.4) is 0 Å². The van der Waals surface area contributed by atoms with E-state index >= 15 is 0 Å². The number of aryl methyl sites for hydroxylation is 1. The molecule has 1 aliphatic heterocycles. The highest BCUT2D eigenvalue weighted by atomic mass is 16.7. The number of fused-ring (bicyclic) bond motifs is 1. The lowest BCUT2D eigenvalue weighted by atomic mass is 9.86. The van der Waals surface area contributed by atoms with Crippen LogP contribution in [0.15, 0.2) is 23.8 Å². The summed E-state index contributed by atoms with van der Waals surface area (Å²) in [6.07, 6.45) is -5.11. The van der Waals surface area contributed by atoms with E-state index in [1.165, 1.54) is 7.11 Å². The molecular weight excluding hydrogens is 372 g/mol. The average molecular weight is 396 g/mol. The summed E-state index contributed by atoms with van der Waals surface area (Å²) in [6.45, 7) is -1.00. The average Bonchev–Trinajstić information content (AvgIpc) is 2.72. The molecule has 5 atom stereocenters. The number of ether oxygens (including phenoxy) is 3. The summed E-state index contributed by atoms with van der Waals surface area (Å²) in [5.41, 5.74) is 2.59. The number of rotatable bonds is 6. The van der Waals surface area contributed by atoms with Gasteiger partial charge in [0.25, 0.3) is 0 Å². The van der Waals surface area contributed by atoms with Gasteiger partial charge in [-0.2, -0.15) is 0 Å². The molecule has 9 heteroatoms. The Kier molecular flexibility index (Phi) is 6.15. The molecule has 5 N–H and O–H groups in total. The van der Waals surface area contributed by atoms with E-state index in [0.717, 1.165) is 5.56 Å². The molecular formula is C19H24O9. The fourth-order valence-corrected chi connectivity index (χ4v) is 3.51. The number of aldehydes is 1. The van der Waals surface area contributed by atoms with E-state index < -0.39 is 37.0 Å². The number of benzene rings is 1. The van der Waals surface area contributed by atoms with Crippen LogP contribution in [0.25, 0.3) is 5.57 Å². The maximum atomic E-state index is 11.5. The lowest BCUT2D eigenvalue weighted by Crippen LogP contribution is -2.67. The Morgan fingerprint density at radius 3 is 2.68 bits per heavy atom. The molecule has 1 aromatic carbocycles. The molecule has 1 fully saturated rings. The summed E-state index contributed by atoms with van der Waals surface area (Å²) in [7, 11) is 1.51. The number of carbonyl (C=O) groups excluding carboxylic acids is 1. The van der Waals surface area contributed by atoms with Crippen molar-refractivity contribution < 1.29 is 44.5 Å². The van der Waals surface area contributed by atoms with Gasteiger partial charge in [-0.15, -0.1) is 0 Å². The number of hydrogen-bond donors (Lipinski definition) is 5. The van der Waals surface area contributed by atoms with Gasteiger partial charge in [-0.25, -0.2) is 0 Å². The summed E-state index contributed by atoms with van der Waals surface area (Å²) in [4.78, 5) is 11.5. The quantitative estimate of drug-likeness (QED) is 0.293. The zero-order chi connectivity index (χ0) is 20.5. The van der Waals surface area contributed by atoms with Crippen molar-refractivity contribution in [2.45, 2.75) is 43.2 Å². The Balaban J connectivity index is 1.88. The molecule has 0 aromatic heterocycles. The molecule has 0 saturated carbocycles. The van der Waals surface area contributed by atoms with Crippen LogP contribution < -0.4 is 4.74 Å². The van der Waals surface area contributed by atoms with Gasteiger partial charge in [0.05, 0.1) is 20.3 Å². The van der Waals surface area contributed by atoms with Crippen LogP contribution in [0.1, 0.15) is 17.5 Å². The van der Waals surface area contributed by atoms with Gasteiger partial charge in [-0.1, -0.05) is 6.07 Å². The van der Waals surface area contributed by atoms with Crippen LogP contribution in [0.4, 0.5) is 0 Å². The first-order valence-corrected chi connectivity index (χ1v) is 8.87. The summed E-state index contributed by atoms with van der Waals surface area (Å²) in [5, 5.41) is 50.0. The van der Waals surface area contributed by atoms with E-state index in [1.807, 2.05) is 6.07 Å².